The van der Waals surface area contributed by atoms with Crippen molar-refractivity contribution < 1.29 is 19.4 Å². The van der Waals surface area contributed by atoms with Crippen molar-refractivity contribution in [1.82, 2.24) is 0 Å². The van der Waals surface area contributed by atoms with Gasteiger partial charge < -0.3 is 15.6 Å². The first-order valence-electron chi connectivity index (χ1n) is 2.97. The van der Waals surface area contributed by atoms with Gasteiger partial charge in [-0.25, -0.2) is 9.59 Å². The molecule has 7 heteroatoms. The molecule has 0 aromatic heterocycles. The third kappa shape index (κ3) is 6.56. The van der Waals surface area contributed by atoms with E-state index >= 15 is 0 Å². The van der Waals surface area contributed by atoms with E-state index in [-0.39, 0.29) is 42.5 Å². The molecule has 0 aromatic rings. The van der Waals surface area contributed by atoms with Crippen LogP contribution in [-0.2, 0) is 14.3 Å². The minimum atomic E-state index is -1.66. The van der Waals surface area contributed by atoms with Gasteiger partial charge in [0.05, 0.1) is 0 Å². The number of hydrogen-bond donors (Lipinski definition) is 3. The fourth-order valence-corrected chi connectivity index (χ4v) is 0.411. The zero-order valence-electron chi connectivity index (χ0n) is 5.82. The van der Waals surface area contributed by atoms with Gasteiger partial charge in [0.1, 0.15) is 0 Å². The summed E-state index contributed by atoms with van der Waals surface area (Å²) in [5.74, 6) is -3.01. The van der Waals surface area contributed by atoms with Gasteiger partial charge in [0.2, 0.25) is 0 Å². The molecule has 0 aliphatic carbocycles. The van der Waals surface area contributed by atoms with Gasteiger partial charge in [0, 0.05) is 6.42 Å². The predicted molar refractivity (Wildman–Crippen MR) is 42.5 cm³/mol. The van der Waals surface area contributed by atoms with Gasteiger partial charge in [-0.15, -0.1) is 0 Å². The molecule has 5 N–H and O–H groups in total. The van der Waals surface area contributed by atoms with Crippen molar-refractivity contribution in [2.75, 3.05) is 6.54 Å². The zero-order valence-corrected chi connectivity index (χ0v) is 5.82. The van der Waals surface area contributed by atoms with Gasteiger partial charge in [-0.1, -0.05) is 0 Å². The van der Waals surface area contributed by atoms with Gasteiger partial charge >= 0.3 is 41.5 Å². The molecule has 66 valence electrons. The van der Waals surface area contributed by atoms with E-state index in [0.717, 1.165) is 0 Å². The average molecular weight is 186 g/mol. The minimum absolute atomic E-state index is 0. The molecule has 0 amide bonds. The molecule has 1 atom stereocenters. The standard InChI is InChI=1S/C5H10N2O4.Na.H/c6-2-1-3(7)11-5(10)4(8)9;;/h3H,1-2,6-7H2,(H,8,9);;. The molecule has 0 rings (SSSR count). The quantitative estimate of drug-likeness (QED) is 0.196. The zero-order chi connectivity index (χ0) is 8.85. The second-order valence-corrected chi connectivity index (χ2v) is 1.83. The normalized spacial score (nSPS) is 11.2. The van der Waals surface area contributed by atoms with E-state index in [9.17, 15) is 9.59 Å². The Balaban J connectivity index is 0. The van der Waals surface area contributed by atoms with E-state index < -0.39 is 18.2 Å². The number of carbonyl (C=O) groups excluding carboxylic acids is 1. The molecule has 0 radical (unpaired) electrons. The van der Waals surface area contributed by atoms with Crippen molar-refractivity contribution in [2.24, 2.45) is 11.5 Å². The molecule has 0 spiro atoms. The summed E-state index contributed by atoms with van der Waals surface area (Å²) in [6, 6.07) is 0. The maximum atomic E-state index is 10.3. The van der Waals surface area contributed by atoms with E-state index in [1.807, 2.05) is 0 Å². The maximum absolute atomic E-state index is 10.3. The molecule has 0 aromatic carbocycles. The average Bonchev–Trinajstić information content (AvgIpc) is 1.87. The van der Waals surface area contributed by atoms with Crippen molar-refractivity contribution >= 4 is 41.5 Å². The van der Waals surface area contributed by atoms with Crippen molar-refractivity contribution in [2.45, 2.75) is 12.6 Å². The Labute approximate surface area is 91.5 Å². The first-order valence-corrected chi connectivity index (χ1v) is 2.97. The summed E-state index contributed by atoms with van der Waals surface area (Å²) in [5.41, 5.74) is 10.2. The molecular formula is C5H11N2NaO4. The number of rotatable bonds is 3. The Morgan fingerprint density at radius 2 is 2.00 bits per heavy atom. The number of ether oxygens (including phenoxy) is 1. The van der Waals surface area contributed by atoms with E-state index in [1.54, 1.807) is 0 Å². The van der Waals surface area contributed by atoms with E-state index in [4.69, 9.17) is 16.6 Å². The number of carbonyl (C=O) groups is 2. The fraction of sp³-hybridized carbons (Fsp3) is 0.600. The number of aliphatic carboxylic acids is 1. The first kappa shape index (κ1) is 14.4. The molecule has 0 aliphatic heterocycles. The van der Waals surface area contributed by atoms with Crippen molar-refractivity contribution in [1.29, 1.82) is 0 Å². The third-order valence-corrected chi connectivity index (χ3v) is 0.884. The van der Waals surface area contributed by atoms with Crippen LogP contribution in [-0.4, -0.2) is 59.4 Å². The predicted octanol–water partition coefficient (Wildman–Crippen LogP) is -2.40. The SMILES string of the molecule is NCCC(N)OC(=O)C(=O)O.[NaH]. The van der Waals surface area contributed by atoms with Gasteiger partial charge in [-0.05, 0) is 6.54 Å². The van der Waals surface area contributed by atoms with Gasteiger partial charge in [0.25, 0.3) is 0 Å². The Kier molecular flexibility index (Phi) is 9.00. The second-order valence-electron chi connectivity index (χ2n) is 1.83. The summed E-state index contributed by atoms with van der Waals surface area (Å²) in [6.45, 7) is 0.244. The van der Waals surface area contributed by atoms with Crippen LogP contribution in [0.15, 0.2) is 0 Å². The van der Waals surface area contributed by atoms with Gasteiger partial charge in [-0.2, -0.15) is 0 Å². The van der Waals surface area contributed by atoms with Crippen molar-refractivity contribution in [3.05, 3.63) is 0 Å². The van der Waals surface area contributed by atoms with Crippen molar-refractivity contribution in [3.63, 3.8) is 0 Å². The van der Waals surface area contributed by atoms with E-state index in [1.165, 1.54) is 0 Å². The van der Waals surface area contributed by atoms with Crippen LogP contribution in [0.2, 0.25) is 0 Å². The van der Waals surface area contributed by atoms with E-state index in [2.05, 4.69) is 4.74 Å². The topological polar surface area (TPSA) is 116 Å². The summed E-state index contributed by atoms with van der Waals surface area (Å²) in [6.07, 6.45) is -0.678. The summed E-state index contributed by atoms with van der Waals surface area (Å²) in [7, 11) is 0. The molecule has 0 aliphatic rings. The number of carboxylic acids is 1. The summed E-state index contributed by atoms with van der Waals surface area (Å²) in [5, 5.41) is 8.04. The van der Waals surface area contributed by atoms with Crippen LogP contribution >= 0.6 is 0 Å². The van der Waals surface area contributed by atoms with Gasteiger partial charge in [0.15, 0.2) is 6.23 Å². The first-order chi connectivity index (χ1) is 5.07. The number of esters is 1. The van der Waals surface area contributed by atoms with Crippen LogP contribution in [0.4, 0.5) is 0 Å². The summed E-state index contributed by atoms with van der Waals surface area (Å²) < 4.78 is 4.21. The summed E-state index contributed by atoms with van der Waals surface area (Å²) in [4.78, 5) is 20.2. The van der Waals surface area contributed by atoms with Gasteiger partial charge in [-0.3, -0.25) is 5.73 Å². The van der Waals surface area contributed by atoms with Crippen LogP contribution in [0.25, 0.3) is 0 Å². The number of nitrogens with two attached hydrogens (primary N) is 2. The molecule has 1 unspecified atom stereocenters. The second kappa shape index (κ2) is 7.51. The number of carboxylic acid groups (broad SMARTS) is 1. The Morgan fingerprint density at radius 1 is 1.50 bits per heavy atom. The van der Waals surface area contributed by atoms with Crippen LogP contribution in [0.5, 0.6) is 0 Å². The van der Waals surface area contributed by atoms with E-state index in [0.29, 0.717) is 0 Å². The molecule has 0 fully saturated rings. The Morgan fingerprint density at radius 3 is 2.33 bits per heavy atom. The Bertz CT molecular complexity index is 164. The monoisotopic (exact) mass is 186 g/mol. The molecule has 0 heterocycles. The van der Waals surface area contributed by atoms with Crippen LogP contribution < -0.4 is 11.5 Å². The number of hydrogen-bond acceptors (Lipinski definition) is 5. The summed E-state index contributed by atoms with van der Waals surface area (Å²) >= 11 is 0. The van der Waals surface area contributed by atoms with Crippen LogP contribution in [0.1, 0.15) is 6.42 Å². The molecule has 6 nitrogen and oxygen atoms in total. The van der Waals surface area contributed by atoms with Crippen LogP contribution in [0.3, 0.4) is 0 Å². The molecule has 12 heavy (non-hydrogen) atoms. The molecule has 0 saturated carbocycles. The van der Waals surface area contributed by atoms with Crippen molar-refractivity contribution in [3.8, 4) is 0 Å². The van der Waals surface area contributed by atoms with Crippen LogP contribution in [0, 0.1) is 0 Å². The molecular weight excluding hydrogens is 175 g/mol. The molecule has 0 bridgehead atoms. The Hall–Kier alpha value is -0.140. The third-order valence-electron chi connectivity index (χ3n) is 0.884. The fourth-order valence-electron chi connectivity index (χ4n) is 0.411. The molecule has 0 saturated heterocycles.